The van der Waals surface area contributed by atoms with Crippen LogP contribution >= 0.6 is 0 Å². The van der Waals surface area contributed by atoms with Crippen LogP contribution in [0.15, 0.2) is 24.3 Å². The summed E-state index contributed by atoms with van der Waals surface area (Å²) in [6, 6.07) is 4.96. The first-order valence-corrected chi connectivity index (χ1v) is 7.94. The lowest BCUT2D eigenvalue weighted by Crippen LogP contribution is -2.43. The number of non-ortho nitro benzene ring substituents is 1. The van der Waals surface area contributed by atoms with Gasteiger partial charge in [-0.15, -0.1) is 0 Å². The zero-order valence-corrected chi connectivity index (χ0v) is 14.4. The van der Waals surface area contributed by atoms with E-state index >= 15 is 0 Å². The molecule has 0 saturated heterocycles. The van der Waals surface area contributed by atoms with Crippen LogP contribution in [0, 0.1) is 15.5 Å². The third-order valence-corrected chi connectivity index (χ3v) is 3.80. The Kier molecular flexibility index (Phi) is 7.22. The van der Waals surface area contributed by atoms with E-state index in [1.54, 1.807) is 20.8 Å². The number of hydrogen-bond donors (Lipinski definition) is 0. The van der Waals surface area contributed by atoms with Gasteiger partial charge in [0.1, 0.15) is 0 Å². The monoisotopic (exact) mass is 351 g/mol. The molecule has 8 heteroatoms. The largest absolute Gasteiger partial charge is 0.465 e. The van der Waals surface area contributed by atoms with Crippen LogP contribution in [0.2, 0.25) is 0 Å². The molecule has 136 valence electrons. The fourth-order valence-electron chi connectivity index (χ4n) is 2.33. The summed E-state index contributed by atoms with van der Waals surface area (Å²) in [6.07, 6.45) is -0.400. The lowest BCUT2D eigenvalue weighted by molar-refractivity contribution is -0.384. The third kappa shape index (κ3) is 4.62. The van der Waals surface area contributed by atoms with Crippen LogP contribution in [0.1, 0.15) is 44.0 Å². The molecule has 1 aromatic carbocycles. The van der Waals surface area contributed by atoms with Gasteiger partial charge in [0.25, 0.3) is 5.69 Å². The molecule has 1 rings (SSSR count). The lowest BCUT2D eigenvalue weighted by Gasteiger charge is -2.27. The molecule has 0 heterocycles. The van der Waals surface area contributed by atoms with Crippen LogP contribution in [0.4, 0.5) is 5.69 Å². The molecule has 0 atom stereocenters. The molecule has 0 amide bonds. The number of carbonyl (C=O) groups excluding carboxylic acids is 3. The number of nitro benzene ring substituents is 1. The maximum absolute atomic E-state index is 12.5. The van der Waals surface area contributed by atoms with Gasteiger partial charge in [0.15, 0.2) is 11.2 Å². The van der Waals surface area contributed by atoms with Gasteiger partial charge in [0, 0.05) is 24.1 Å². The molecule has 0 bridgehead atoms. The minimum Gasteiger partial charge on any atom is -0.465 e. The Hall–Kier alpha value is -2.77. The van der Waals surface area contributed by atoms with Gasteiger partial charge in [-0.2, -0.15) is 0 Å². The number of nitrogens with zero attached hydrogens (tertiary/aromatic N) is 1. The molecule has 1 aromatic rings. The molecule has 0 saturated carbocycles. The Bertz CT molecular complexity index is 633. The topological polar surface area (TPSA) is 113 Å². The van der Waals surface area contributed by atoms with Gasteiger partial charge >= 0.3 is 11.9 Å². The van der Waals surface area contributed by atoms with Gasteiger partial charge in [-0.25, -0.2) is 0 Å². The molecule has 0 N–H and O–H groups in total. The molecule has 0 aliphatic rings. The number of ketones is 1. The maximum Gasteiger partial charge on any atom is 0.323 e. The summed E-state index contributed by atoms with van der Waals surface area (Å²) < 4.78 is 9.94. The van der Waals surface area contributed by atoms with Gasteiger partial charge in [-0.3, -0.25) is 24.5 Å². The second-order valence-electron chi connectivity index (χ2n) is 5.28. The summed E-state index contributed by atoms with van der Waals surface area (Å²) >= 11 is 0. The van der Waals surface area contributed by atoms with E-state index in [0.29, 0.717) is 0 Å². The van der Waals surface area contributed by atoms with Crippen molar-refractivity contribution in [3.8, 4) is 0 Å². The van der Waals surface area contributed by atoms with Crippen molar-refractivity contribution in [2.45, 2.75) is 33.6 Å². The number of benzene rings is 1. The quantitative estimate of drug-likeness (QED) is 0.221. The molecule has 0 aliphatic carbocycles. The molecule has 0 aromatic heterocycles. The number of esters is 2. The van der Waals surface area contributed by atoms with Crippen LogP contribution < -0.4 is 0 Å². The van der Waals surface area contributed by atoms with E-state index in [0.717, 1.165) is 0 Å². The van der Waals surface area contributed by atoms with E-state index < -0.39 is 34.5 Å². The fourth-order valence-corrected chi connectivity index (χ4v) is 2.33. The zero-order chi connectivity index (χ0) is 19.0. The highest BCUT2D eigenvalue weighted by Crippen LogP contribution is 2.32. The average Bonchev–Trinajstić information content (AvgIpc) is 2.59. The van der Waals surface area contributed by atoms with E-state index in [2.05, 4.69) is 0 Å². The lowest BCUT2D eigenvalue weighted by atomic mass is 9.79. The number of rotatable bonds is 9. The Morgan fingerprint density at radius 1 is 1.00 bits per heavy atom. The highest BCUT2D eigenvalue weighted by atomic mass is 16.6. The van der Waals surface area contributed by atoms with Crippen molar-refractivity contribution >= 4 is 23.4 Å². The third-order valence-electron chi connectivity index (χ3n) is 3.80. The van der Waals surface area contributed by atoms with E-state index in [4.69, 9.17) is 9.47 Å². The van der Waals surface area contributed by atoms with Crippen molar-refractivity contribution in [3.05, 3.63) is 39.9 Å². The summed E-state index contributed by atoms with van der Waals surface area (Å²) in [5, 5.41) is 10.7. The first kappa shape index (κ1) is 20.3. The van der Waals surface area contributed by atoms with Crippen LogP contribution in [0.5, 0.6) is 0 Å². The molecule has 0 spiro atoms. The summed E-state index contributed by atoms with van der Waals surface area (Å²) in [6.45, 7) is 4.91. The van der Waals surface area contributed by atoms with Gasteiger partial charge in [0.05, 0.1) is 18.1 Å². The van der Waals surface area contributed by atoms with Crippen molar-refractivity contribution < 1.29 is 28.8 Å². The zero-order valence-electron chi connectivity index (χ0n) is 14.4. The summed E-state index contributed by atoms with van der Waals surface area (Å²) in [5.74, 6) is -2.13. The van der Waals surface area contributed by atoms with Crippen molar-refractivity contribution in [2.24, 2.45) is 5.41 Å². The second kappa shape index (κ2) is 8.91. The van der Waals surface area contributed by atoms with E-state index in [1.165, 1.54) is 24.3 Å². The predicted molar refractivity (Wildman–Crippen MR) is 88.0 cm³/mol. The van der Waals surface area contributed by atoms with Crippen molar-refractivity contribution in [1.82, 2.24) is 0 Å². The standard InChI is InChI=1S/C17H21NO7/c1-4-17(15(20)24-5-2,16(21)25-6-3)11-14(19)12-7-9-13(10-8-12)18(22)23/h7-10H,4-6,11H2,1-3H3. The van der Waals surface area contributed by atoms with Crippen LogP contribution in [0.3, 0.4) is 0 Å². The van der Waals surface area contributed by atoms with Crippen molar-refractivity contribution in [3.63, 3.8) is 0 Å². The molecular weight excluding hydrogens is 330 g/mol. The van der Waals surface area contributed by atoms with Crippen molar-refractivity contribution in [2.75, 3.05) is 13.2 Å². The molecular formula is C17H21NO7. The van der Waals surface area contributed by atoms with E-state index in [-0.39, 0.29) is 30.9 Å². The van der Waals surface area contributed by atoms with Crippen LogP contribution in [-0.4, -0.2) is 35.9 Å². The number of hydrogen-bond acceptors (Lipinski definition) is 7. The fraction of sp³-hybridized carbons (Fsp3) is 0.471. The van der Waals surface area contributed by atoms with Gasteiger partial charge in [0.2, 0.25) is 0 Å². The number of carbonyl (C=O) groups is 3. The summed E-state index contributed by atoms with van der Waals surface area (Å²) in [4.78, 5) is 47.3. The van der Waals surface area contributed by atoms with E-state index in [9.17, 15) is 24.5 Å². The van der Waals surface area contributed by atoms with E-state index in [1.807, 2.05) is 0 Å². The molecule has 25 heavy (non-hydrogen) atoms. The highest BCUT2D eigenvalue weighted by molar-refractivity contribution is 6.07. The molecule has 0 fully saturated rings. The second-order valence-corrected chi connectivity index (χ2v) is 5.28. The van der Waals surface area contributed by atoms with Gasteiger partial charge in [-0.05, 0) is 32.4 Å². The van der Waals surface area contributed by atoms with Gasteiger partial charge in [-0.1, -0.05) is 6.92 Å². The van der Waals surface area contributed by atoms with Crippen LogP contribution in [-0.2, 0) is 19.1 Å². The highest BCUT2D eigenvalue weighted by Gasteiger charge is 2.49. The minimum absolute atomic E-state index is 0.0311. The molecule has 0 unspecified atom stereocenters. The maximum atomic E-state index is 12.5. The van der Waals surface area contributed by atoms with Crippen LogP contribution in [0.25, 0.3) is 0 Å². The van der Waals surface area contributed by atoms with Crippen molar-refractivity contribution in [1.29, 1.82) is 0 Å². The summed E-state index contributed by atoms with van der Waals surface area (Å²) in [7, 11) is 0. The number of ether oxygens (including phenoxy) is 2. The molecule has 0 aliphatic heterocycles. The SMILES string of the molecule is CCOC(=O)C(CC)(CC(=O)c1ccc([N+](=O)[O-])cc1)C(=O)OCC. The Balaban J connectivity index is 3.14. The number of Topliss-reactive ketones (excluding diaryl/α,β-unsaturated/α-hetero) is 1. The summed E-state index contributed by atoms with van der Waals surface area (Å²) in [5.41, 5.74) is -1.73. The Morgan fingerprint density at radius 3 is 1.84 bits per heavy atom. The first-order chi connectivity index (χ1) is 11.8. The Labute approximate surface area is 145 Å². The normalized spacial score (nSPS) is 10.8. The smallest absolute Gasteiger partial charge is 0.323 e. The predicted octanol–water partition coefficient (Wildman–Crippen LogP) is 2.69. The molecule has 8 nitrogen and oxygen atoms in total. The Morgan fingerprint density at radius 2 is 1.48 bits per heavy atom. The molecule has 0 radical (unpaired) electrons. The van der Waals surface area contributed by atoms with Gasteiger partial charge < -0.3 is 9.47 Å². The number of nitro groups is 1. The minimum atomic E-state index is -1.73. The average molecular weight is 351 g/mol. The first-order valence-electron chi connectivity index (χ1n) is 7.94.